The van der Waals surface area contributed by atoms with E-state index < -0.39 is 0 Å². The summed E-state index contributed by atoms with van der Waals surface area (Å²) in [6.45, 7) is 14.7. The van der Waals surface area contributed by atoms with Gasteiger partial charge in [0.05, 0.1) is 0 Å². The zero-order valence-corrected chi connectivity index (χ0v) is 15.0. The fourth-order valence-corrected chi connectivity index (χ4v) is 4.27. The van der Waals surface area contributed by atoms with Crippen LogP contribution in [0.5, 0.6) is 0 Å². The summed E-state index contributed by atoms with van der Waals surface area (Å²) in [6.07, 6.45) is 9.90. The van der Waals surface area contributed by atoms with Crippen LogP contribution in [0.3, 0.4) is 0 Å². The summed E-state index contributed by atoms with van der Waals surface area (Å²) in [5.74, 6) is 1.79. The first kappa shape index (κ1) is 17.3. The van der Waals surface area contributed by atoms with E-state index >= 15 is 0 Å². The van der Waals surface area contributed by atoms with Gasteiger partial charge in [-0.25, -0.2) is 0 Å². The molecule has 0 bridgehead atoms. The molecular weight excluding hydrogens is 256 g/mol. The van der Waals surface area contributed by atoms with Crippen molar-refractivity contribution in [3.63, 3.8) is 0 Å². The molecule has 3 unspecified atom stereocenters. The predicted octanol–water partition coefficient (Wildman–Crippen LogP) is 4.30. The van der Waals surface area contributed by atoms with E-state index in [1.807, 2.05) is 0 Å². The van der Waals surface area contributed by atoms with Gasteiger partial charge in [-0.2, -0.15) is 0 Å². The van der Waals surface area contributed by atoms with Crippen LogP contribution in [0.4, 0.5) is 0 Å². The zero-order chi connectivity index (χ0) is 15.3. The van der Waals surface area contributed by atoms with E-state index in [1.165, 1.54) is 71.1 Å². The van der Waals surface area contributed by atoms with Crippen LogP contribution in [0, 0.1) is 17.3 Å². The zero-order valence-electron chi connectivity index (χ0n) is 15.0. The SMILES string of the molecule is CC1CCCCC1NCCN1CCCC(C(C)(C)C)CC1. The molecule has 2 heteroatoms. The lowest BCUT2D eigenvalue weighted by atomic mass is 9.77. The molecule has 2 nitrogen and oxygen atoms in total. The van der Waals surface area contributed by atoms with E-state index in [0.29, 0.717) is 5.41 Å². The van der Waals surface area contributed by atoms with Gasteiger partial charge in [0, 0.05) is 19.1 Å². The number of rotatable bonds is 4. The topological polar surface area (TPSA) is 15.3 Å². The Kier molecular flexibility index (Phi) is 6.55. The molecule has 1 aliphatic carbocycles. The minimum absolute atomic E-state index is 0.492. The van der Waals surface area contributed by atoms with E-state index in [0.717, 1.165) is 17.9 Å². The third-order valence-corrected chi connectivity index (χ3v) is 5.99. The van der Waals surface area contributed by atoms with Crippen LogP contribution >= 0.6 is 0 Å². The average molecular weight is 295 g/mol. The van der Waals surface area contributed by atoms with Crippen LogP contribution in [0.25, 0.3) is 0 Å². The second-order valence-electron chi connectivity index (χ2n) is 8.66. The van der Waals surface area contributed by atoms with Crippen LogP contribution in [0.1, 0.15) is 72.6 Å². The second kappa shape index (κ2) is 7.97. The maximum Gasteiger partial charge on any atom is 0.0107 e. The van der Waals surface area contributed by atoms with Crippen LogP contribution in [0.2, 0.25) is 0 Å². The molecule has 3 atom stereocenters. The molecule has 0 radical (unpaired) electrons. The highest BCUT2D eigenvalue weighted by atomic mass is 15.1. The number of hydrogen-bond acceptors (Lipinski definition) is 2. The van der Waals surface area contributed by atoms with Gasteiger partial charge < -0.3 is 10.2 Å². The van der Waals surface area contributed by atoms with Gasteiger partial charge >= 0.3 is 0 Å². The van der Waals surface area contributed by atoms with Crippen molar-refractivity contribution in [3.05, 3.63) is 0 Å². The molecule has 0 aromatic heterocycles. The van der Waals surface area contributed by atoms with E-state index in [-0.39, 0.29) is 0 Å². The van der Waals surface area contributed by atoms with Crippen molar-refractivity contribution >= 4 is 0 Å². The van der Waals surface area contributed by atoms with Gasteiger partial charge in [0.25, 0.3) is 0 Å². The molecule has 1 saturated heterocycles. The average Bonchev–Trinajstić information content (AvgIpc) is 2.66. The Morgan fingerprint density at radius 2 is 1.71 bits per heavy atom. The van der Waals surface area contributed by atoms with Crippen molar-refractivity contribution < 1.29 is 0 Å². The summed E-state index contributed by atoms with van der Waals surface area (Å²) in [6, 6.07) is 0.785. The molecule has 0 spiro atoms. The predicted molar refractivity (Wildman–Crippen MR) is 92.7 cm³/mol. The minimum atomic E-state index is 0.492. The Labute approximate surface area is 133 Å². The third kappa shape index (κ3) is 5.56. The molecule has 1 heterocycles. The first-order valence-corrected chi connectivity index (χ1v) is 9.42. The van der Waals surface area contributed by atoms with Gasteiger partial charge in [-0.05, 0) is 62.4 Å². The van der Waals surface area contributed by atoms with Gasteiger partial charge in [0.2, 0.25) is 0 Å². The highest BCUT2D eigenvalue weighted by Crippen LogP contribution is 2.34. The van der Waals surface area contributed by atoms with Crippen LogP contribution < -0.4 is 5.32 Å². The molecule has 0 aromatic rings. The molecule has 21 heavy (non-hydrogen) atoms. The number of nitrogens with one attached hydrogen (secondary N) is 1. The van der Waals surface area contributed by atoms with Crippen LogP contribution in [-0.2, 0) is 0 Å². The molecule has 2 rings (SSSR count). The van der Waals surface area contributed by atoms with Crippen molar-refractivity contribution in [2.24, 2.45) is 17.3 Å². The number of nitrogens with zero attached hydrogens (tertiary/aromatic N) is 1. The van der Waals surface area contributed by atoms with Crippen molar-refractivity contribution in [1.29, 1.82) is 0 Å². The molecular formula is C19H38N2. The van der Waals surface area contributed by atoms with Crippen molar-refractivity contribution in [3.8, 4) is 0 Å². The molecule has 124 valence electrons. The standard InChI is InChI=1S/C19H38N2/c1-16-8-5-6-10-18(16)20-12-15-21-13-7-9-17(11-14-21)19(2,3)4/h16-18,20H,5-15H2,1-4H3. The first-order valence-electron chi connectivity index (χ1n) is 9.42. The molecule has 2 aliphatic rings. The first-order chi connectivity index (χ1) is 9.97. The number of hydrogen-bond donors (Lipinski definition) is 1. The highest BCUT2D eigenvalue weighted by Gasteiger charge is 2.27. The summed E-state index contributed by atoms with van der Waals surface area (Å²) in [5.41, 5.74) is 0.492. The Morgan fingerprint density at radius 3 is 2.43 bits per heavy atom. The van der Waals surface area contributed by atoms with Crippen molar-refractivity contribution in [2.75, 3.05) is 26.2 Å². The summed E-state index contributed by atoms with van der Waals surface area (Å²) < 4.78 is 0. The van der Waals surface area contributed by atoms with Gasteiger partial charge in [0.1, 0.15) is 0 Å². The molecule has 2 fully saturated rings. The lowest BCUT2D eigenvalue weighted by Gasteiger charge is -2.31. The van der Waals surface area contributed by atoms with Crippen LogP contribution in [-0.4, -0.2) is 37.1 Å². The van der Waals surface area contributed by atoms with E-state index in [4.69, 9.17) is 0 Å². The summed E-state index contributed by atoms with van der Waals surface area (Å²) in [7, 11) is 0. The monoisotopic (exact) mass is 294 g/mol. The van der Waals surface area contributed by atoms with Gasteiger partial charge in [0.15, 0.2) is 0 Å². The lowest BCUT2D eigenvalue weighted by molar-refractivity contribution is 0.205. The molecule has 1 aliphatic heterocycles. The fourth-order valence-electron chi connectivity index (χ4n) is 4.27. The normalized spacial score (nSPS) is 32.9. The highest BCUT2D eigenvalue weighted by molar-refractivity contribution is 4.81. The summed E-state index contributed by atoms with van der Waals surface area (Å²) >= 11 is 0. The fraction of sp³-hybridized carbons (Fsp3) is 1.00. The minimum Gasteiger partial charge on any atom is -0.312 e. The maximum absolute atomic E-state index is 3.84. The van der Waals surface area contributed by atoms with Crippen molar-refractivity contribution in [1.82, 2.24) is 10.2 Å². The van der Waals surface area contributed by atoms with Gasteiger partial charge in [-0.1, -0.05) is 40.5 Å². The molecule has 1 saturated carbocycles. The molecule has 1 N–H and O–H groups in total. The summed E-state index contributed by atoms with van der Waals surface area (Å²) in [4.78, 5) is 2.70. The van der Waals surface area contributed by atoms with Gasteiger partial charge in [-0.3, -0.25) is 0 Å². The third-order valence-electron chi connectivity index (χ3n) is 5.99. The second-order valence-corrected chi connectivity index (χ2v) is 8.66. The van der Waals surface area contributed by atoms with E-state index in [1.54, 1.807) is 0 Å². The van der Waals surface area contributed by atoms with Crippen molar-refractivity contribution in [2.45, 2.75) is 78.7 Å². The lowest BCUT2D eigenvalue weighted by Crippen LogP contribution is -2.42. The Balaban J connectivity index is 1.67. The molecule has 0 amide bonds. The smallest absolute Gasteiger partial charge is 0.0107 e. The van der Waals surface area contributed by atoms with E-state index in [9.17, 15) is 0 Å². The van der Waals surface area contributed by atoms with Gasteiger partial charge in [-0.15, -0.1) is 0 Å². The van der Waals surface area contributed by atoms with Crippen LogP contribution in [0.15, 0.2) is 0 Å². The maximum atomic E-state index is 3.84. The Morgan fingerprint density at radius 1 is 0.952 bits per heavy atom. The number of likely N-dealkylation sites (tertiary alicyclic amines) is 1. The largest absolute Gasteiger partial charge is 0.312 e. The van der Waals surface area contributed by atoms with E-state index in [2.05, 4.69) is 37.9 Å². The molecule has 0 aromatic carbocycles. The Hall–Kier alpha value is -0.0800. The Bertz CT molecular complexity index is 294. The quantitative estimate of drug-likeness (QED) is 0.831. The summed E-state index contributed by atoms with van der Waals surface area (Å²) in [5, 5.41) is 3.84.